The van der Waals surface area contributed by atoms with Crippen LogP contribution >= 0.6 is 0 Å². The highest BCUT2D eigenvalue weighted by molar-refractivity contribution is 5.19. The van der Waals surface area contributed by atoms with E-state index in [0.717, 1.165) is 13.1 Å². The first-order valence-electron chi connectivity index (χ1n) is 8.45. The third-order valence-electron chi connectivity index (χ3n) is 4.58. The lowest BCUT2D eigenvalue weighted by Crippen LogP contribution is -2.40. The second kappa shape index (κ2) is 9.22. The van der Waals surface area contributed by atoms with Crippen LogP contribution in [0.15, 0.2) is 30.3 Å². The quantitative estimate of drug-likeness (QED) is 0.728. The highest BCUT2D eigenvalue weighted by atomic mass is 15.1. The summed E-state index contributed by atoms with van der Waals surface area (Å²) >= 11 is 0. The van der Waals surface area contributed by atoms with E-state index in [-0.39, 0.29) is 0 Å². The van der Waals surface area contributed by atoms with Crippen molar-refractivity contribution >= 4 is 0 Å². The standard InChI is InChI=1S/C19H34N2/c1-7-13-20-19(18-11-9-8-10-12-18)16(4)14-21(6)17(5)15(2)3/h8-12,15-17,19-20H,7,13-14H2,1-6H3. The number of benzene rings is 1. The van der Waals surface area contributed by atoms with E-state index in [1.54, 1.807) is 0 Å². The highest BCUT2D eigenvalue weighted by Crippen LogP contribution is 2.23. The molecule has 1 aromatic rings. The lowest BCUT2D eigenvalue weighted by Gasteiger charge is -2.34. The Bertz CT molecular complexity index is 374. The van der Waals surface area contributed by atoms with Gasteiger partial charge in [-0.3, -0.25) is 0 Å². The maximum absolute atomic E-state index is 3.73. The van der Waals surface area contributed by atoms with Gasteiger partial charge in [0.05, 0.1) is 0 Å². The normalized spacial score (nSPS) is 16.2. The second-order valence-corrected chi connectivity index (χ2v) is 6.74. The molecule has 21 heavy (non-hydrogen) atoms. The van der Waals surface area contributed by atoms with Crippen molar-refractivity contribution in [1.82, 2.24) is 10.2 Å². The molecule has 0 bridgehead atoms. The molecule has 3 unspecified atom stereocenters. The van der Waals surface area contributed by atoms with Crippen molar-refractivity contribution in [2.24, 2.45) is 11.8 Å². The van der Waals surface area contributed by atoms with Crippen LogP contribution in [0, 0.1) is 11.8 Å². The lowest BCUT2D eigenvalue weighted by molar-refractivity contribution is 0.167. The fourth-order valence-corrected chi connectivity index (χ4v) is 2.84. The van der Waals surface area contributed by atoms with Crippen LogP contribution in [0.2, 0.25) is 0 Å². The first-order chi connectivity index (χ1) is 9.97. The van der Waals surface area contributed by atoms with Crippen LogP contribution in [-0.2, 0) is 0 Å². The molecule has 0 spiro atoms. The topological polar surface area (TPSA) is 15.3 Å². The third kappa shape index (κ3) is 5.80. The van der Waals surface area contributed by atoms with Gasteiger partial charge in [-0.25, -0.2) is 0 Å². The van der Waals surface area contributed by atoms with Crippen molar-refractivity contribution in [2.45, 2.75) is 53.1 Å². The molecule has 2 nitrogen and oxygen atoms in total. The van der Waals surface area contributed by atoms with Crippen LogP contribution in [-0.4, -0.2) is 31.1 Å². The van der Waals surface area contributed by atoms with E-state index >= 15 is 0 Å². The maximum atomic E-state index is 3.73. The minimum atomic E-state index is 0.438. The van der Waals surface area contributed by atoms with E-state index in [2.05, 4.69) is 82.2 Å². The highest BCUT2D eigenvalue weighted by Gasteiger charge is 2.22. The molecule has 0 heterocycles. The number of nitrogens with zero attached hydrogens (tertiary/aromatic N) is 1. The largest absolute Gasteiger partial charge is 0.310 e. The SMILES string of the molecule is CCCNC(c1ccccc1)C(C)CN(C)C(C)C(C)C. The molecule has 0 aliphatic rings. The van der Waals surface area contributed by atoms with Crippen LogP contribution in [0.3, 0.4) is 0 Å². The van der Waals surface area contributed by atoms with E-state index in [1.165, 1.54) is 12.0 Å². The Kier molecular flexibility index (Phi) is 7.98. The van der Waals surface area contributed by atoms with Gasteiger partial charge < -0.3 is 10.2 Å². The summed E-state index contributed by atoms with van der Waals surface area (Å²) in [5.41, 5.74) is 1.41. The summed E-state index contributed by atoms with van der Waals surface area (Å²) in [6.07, 6.45) is 1.17. The molecule has 0 saturated carbocycles. The summed E-state index contributed by atoms with van der Waals surface area (Å²) in [6.45, 7) is 13.7. The molecular weight excluding hydrogens is 256 g/mol. The third-order valence-corrected chi connectivity index (χ3v) is 4.58. The number of hydrogen-bond acceptors (Lipinski definition) is 2. The van der Waals surface area contributed by atoms with Crippen LogP contribution in [0.25, 0.3) is 0 Å². The van der Waals surface area contributed by atoms with E-state index in [9.17, 15) is 0 Å². The Morgan fingerprint density at radius 2 is 1.67 bits per heavy atom. The van der Waals surface area contributed by atoms with E-state index < -0.39 is 0 Å². The Morgan fingerprint density at radius 1 is 1.05 bits per heavy atom. The Balaban J connectivity index is 2.74. The average molecular weight is 290 g/mol. The molecule has 1 N–H and O–H groups in total. The van der Waals surface area contributed by atoms with Crippen LogP contribution < -0.4 is 5.32 Å². The molecular formula is C19H34N2. The Hall–Kier alpha value is -0.860. The van der Waals surface area contributed by atoms with Gasteiger partial charge >= 0.3 is 0 Å². The summed E-state index contributed by atoms with van der Waals surface area (Å²) < 4.78 is 0. The van der Waals surface area contributed by atoms with E-state index in [4.69, 9.17) is 0 Å². The minimum Gasteiger partial charge on any atom is -0.310 e. The van der Waals surface area contributed by atoms with Gasteiger partial charge in [0.25, 0.3) is 0 Å². The molecule has 0 fully saturated rings. The molecule has 0 amide bonds. The van der Waals surface area contributed by atoms with Crippen molar-refractivity contribution in [2.75, 3.05) is 20.1 Å². The molecule has 0 radical (unpaired) electrons. The first kappa shape index (κ1) is 18.2. The predicted octanol–water partition coefficient (Wildman–Crippen LogP) is 4.34. The van der Waals surface area contributed by atoms with Crippen molar-refractivity contribution in [3.05, 3.63) is 35.9 Å². The maximum Gasteiger partial charge on any atom is 0.0358 e. The van der Waals surface area contributed by atoms with E-state index in [1.807, 2.05) is 0 Å². The predicted molar refractivity (Wildman–Crippen MR) is 93.6 cm³/mol. The summed E-state index contributed by atoms with van der Waals surface area (Å²) in [5.74, 6) is 1.28. The van der Waals surface area contributed by atoms with Gasteiger partial charge in [-0.2, -0.15) is 0 Å². The smallest absolute Gasteiger partial charge is 0.0358 e. The summed E-state index contributed by atoms with van der Waals surface area (Å²) in [6, 6.07) is 11.9. The molecule has 3 atom stereocenters. The first-order valence-corrected chi connectivity index (χ1v) is 8.45. The van der Waals surface area contributed by atoms with Crippen molar-refractivity contribution < 1.29 is 0 Å². The summed E-state index contributed by atoms with van der Waals surface area (Å²) in [4.78, 5) is 2.50. The monoisotopic (exact) mass is 290 g/mol. The van der Waals surface area contributed by atoms with Crippen molar-refractivity contribution in [3.63, 3.8) is 0 Å². The van der Waals surface area contributed by atoms with Crippen LogP contribution in [0.5, 0.6) is 0 Å². The molecule has 1 aromatic carbocycles. The number of nitrogens with one attached hydrogen (secondary N) is 1. The molecule has 0 aliphatic heterocycles. The van der Waals surface area contributed by atoms with Crippen molar-refractivity contribution in [1.29, 1.82) is 0 Å². The number of hydrogen-bond donors (Lipinski definition) is 1. The summed E-state index contributed by atoms with van der Waals surface area (Å²) in [7, 11) is 2.25. The molecule has 0 aliphatic carbocycles. The minimum absolute atomic E-state index is 0.438. The van der Waals surface area contributed by atoms with Gasteiger partial charge in [-0.15, -0.1) is 0 Å². The van der Waals surface area contributed by atoms with Gasteiger partial charge in [0.1, 0.15) is 0 Å². The van der Waals surface area contributed by atoms with Gasteiger partial charge in [0.2, 0.25) is 0 Å². The molecule has 0 aromatic heterocycles. The zero-order chi connectivity index (χ0) is 15.8. The van der Waals surface area contributed by atoms with Crippen LogP contribution in [0.1, 0.15) is 52.6 Å². The zero-order valence-corrected chi connectivity index (χ0v) is 14.8. The Labute approximate surface area is 131 Å². The van der Waals surface area contributed by atoms with Gasteiger partial charge in [-0.05, 0) is 44.3 Å². The lowest BCUT2D eigenvalue weighted by atomic mass is 9.93. The zero-order valence-electron chi connectivity index (χ0n) is 14.8. The molecule has 2 heteroatoms. The molecule has 120 valence electrons. The second-order valence-electron chi connectivity index (χ2n) is 6.74. The van der Waals surface area contributed by atoms with Gasteiger partial charge in [0.15, 0.2) is 0 Å². The van der Waals surface area contributed by atoms with E-state index in [0.29, 0.717) is 23.9 Å². The van der Waals surface area contributed by atoms with Gasteiger partial charge in [-0.1, -0.05) is 58.0 Å². The van der Waals surface area contributed by atoms with Crippen LogP contribution in [0.4, 0.5) is 0 Å². The van der Waals surface area contributed by atoms with Gasteiger partial charge in [0, 0.05) is 18.6 Å². The Morgan fingerprint density at radius 3 is 2.19 bits per heavy atom. The summed E-state index contributed by atoms with van der Waals surface area (Å²) in [5, 5.41) is 3.73. The average Bonchev–Trinajstić information content (AvgIpc) is 2.47. The fourth-order valence-electron chi connectivity index (χ4n) is 2.84. The number of rotatable bonds is 9. The van der Waals surface area contributed by atoms with Crippen molar-refractivity contribution in [3.8, 4) is 0 Å². The molecule has 0 saturated heterocycles. The molecule has 1 rings (SSSR count). The fraction of sp³-hybridized carbons (Fsp3) is 0.684.